The molecule has 4 heteroatoms. The number of aromatic nitrogens is 2. The van der Waals surface area contributed by atoms with Crippen molar-refractivity contribution in [2.45, 2.75) is 13.5 Å². The fourth-order valence-electron chi connectivity index (χ4n) is 2.13. The topological polar surface area (TPSA) is 49.9 Å². The van der Waals surface area contributed by atoms with Gasteiger partial charge >= 0.3 is 0 Å². The average Bonchev–Trinajstić information content (AvgIpc) is 2.94. The minimum absolute atomic E-state index is 0.697. The Morgan fingerprint density at radius 1 is 1.15 bits per heavy atom. The summed E-state index contributed by atoms with van der Waals surface area (Å²) >= 11 is 0. The van der Waals surface area contributed by atoms with E-state index in [-0.39, 0.29) is 0 Å². The summed E-state index contributed by atoms with van der Waals surface area (Å²) in [6.07, 6.45) is 1.83. The Morgan fingerprint density at radius 2 is 2.00 bits per heavy atom. The Bertz CT molecular complexity index is 688. The largest absolute Gasteiger partial charge is 0.494 e. The standard InChI is InChI=1S/C16H17N3O/c1-2-20-15-6-3-12(4-7-15)10-17-14-5-8-16-13(9-14)11-18-19-16/h3-9,11,17H,2,10H2,1H3,(H,18,19). The van der Waals surface area contributed by atoms with E-state index in [9.17, 15) is 0 Å². The van der Waals surface area contributed by atoms with Crippen molar-refractivity contribution in [1.82, 2.24) is 10.2 Å². The third-order valence-corrected chi connectivity index (χ3v) is 3.17. The molecular formula is C16H17N3O. The second kappa shape index (κ2) is 5.65. The number of H-pyrrole nitrogens is 1. The van der Waals surface area contributed by atoms with Gasteiger partial charge in [0.2, 0.25) is 0 Å². The Hall–Kier alpha value is -2.49. The van der Waals surface area contributed by atoms with E-state index in [0.717, 1.165) is 28.9 Å². The van der Waals surface area contributed by atoms with Crippen molar-refractivity contribution >= 4 is 16.6 Å². The van der Waals surface area contributed by atoms with Gasteiger partial charge in [-0.1, -0.05) is 12.1 Å². The maximum atomic E-state index is 5.43. The summed E-state index contributed by atoms with van der Waals surface area (Å²) in [7, 11) is 0. The van der Waals surface area contributed by atoms with Crippen molar-refractivity contribution in [3.05, 3.63) is 54.2 Å². The molecule has 0 aliphatic heterocycles. The molecule has 0 radical (unpaired) electrons. The van der Waals surface area contributed by atoms with Crippen molar-refractivity contribution in [3.8, 4) is 5.75 Å². The van der Waals surface area contributed by atoms with Crippen LogP contribution in [-0.4, -0.2) is 16.8 Å². The first kappa shape index (κ1) is 12.5. The van der Waals surface area contributed by atoms with E-state index in [0.29, 0.717) is 6.61 Å². The quantitative estimate of drug-likeness (QED) is 0.743. The summed E-state index contributed by atoms with van der Waals surface area (Å²) in [4.78, 5) is 0. The van der Waals surface area contributed by atoms with Gasteiger partial charge in [0.25, 0.3) is 0 Å². The molecule has 3 aromatic rings. The van der Waals surface area contributed by atoms with Crippen molar-refractivity contribution in [1.29, 1.82) is 0 Å². The lowest BCUT2D eigenvalue weighted by Crippen LogP contribution is -1.99. The van der Waals surface area contributed by atoms with Crippen molar-refractivity contribution in [2.75, 3.05) is 11.9 Å². The second-order valence-electron chi connectivity index (χ2n) is 4.60. The van der Waals surface area contributed by atoms with Gasteiger partial charge in [0.15, 0.2) is 0 Å². The van der Waals surface area contributed by atoms with Crippen LogP contribution in [0.4, 0.5) is 5.69 Å². The predicted molar refractivity (Wildman–Crippen MR) is 81.0 cm³/mol. The molecule has 20 heavy (non-hydrogen) atoms. The molecule has 0 aliphatic carbocycles. The van der Waals surface area contributed by atoms with Crippen LogP contribution in [0, 0.1) is 0 Å². The van der Waals surface area contributed by atoms with Gasteiger partial charge in [0, 0.05) is 17.6 Å². The van der Waals surface area contributed by atoms with Crippen LogP contribution in [0.25, 0.3) is 10.9 Å². The number of aromatic amines is 1. The second-order valence-corrected chi connectivity index (χ2v) is 4.60. The number of nitrogens with zero attached hydrogens (tertiary/aromatic N) is 1. The molecule has 2 N–H and O–H groups in total. The van der Waals surface area contributed by atoms with Crippen LogP contribution in [0.1, 0.15) is 12.5 Å². The summed E-state index contributed by atoms with van der Waals surface area (Å²) in [5.41, 5.74) is 3.37. The maximum absolute atomic E-state index is 5.43. The highest BCUT2D eigenvalue weighted by Crippen LogP contribution is 2.18. The third kappa shape index (κ3) is 2.74. The van der Waals surface area contributed by atoms with Gasteiger partial charge < -0.3 is 10.1 Å². The van der Waals surface area contributed by atoms with E-state index >= 15 is 0 Å². The zero-order valence-corrected chi connectivity index (χ0v) is 11.4. The molecular weight excluding hydrogens is 250 g/mol. The minimum atomic E-state index is 0.697. The van der Waals surface area contributed by atoms with E-state index in [4.69, 9.17) is 4.74 Å². The average molecular weight is 267 g/mol. The molecule has 0 aliphatic rings. The lowest BCUT2D eigenvalue weighted by molar-refractivity contribution is 0.340. The van der Waals surface area contributed by atoms with Crippen LogP contribution in [0.3, 0.4) is 0 Å². The Balaban J connectivity index is 1.66. The van der Waals surface area contributed by atoms with E-state index in [1.165, 1.54) is 5.56 Å². The zero-order valence-electron chi connectivity index (χ0n) is 11.4. The summed E-state index contributed by atoms with van der Waals surface area (Å²) in [5, 5.41) is 11.5. The smallest absolute Gasteiger partial charge is 0.119 e. The number of anilines is 1. The van der Waals surface area contributed by atoms with E-state index in [1.807, 2.05) is 31.3 Å². The Labute approximate surface area is 117 Å². The zero-order chi connectivity index (χ0) is 13.8. The lowest BCUT2D eigenvalue weighted by Gasteiger charge is -2.08. The normalized spacial score (nSPS) is 10.7. The van der Waals surface area contributed by atoms with Crippen LogP contribution < -0.4 is 10.1 Å². The molecule has 2 aromatic carbocycles. The fourth-order valence-corrected chi connectivity index (χ4v) is 2.13. The molecule has 0 unspecified atom stereocenters. The monoisotopic (exact) mass is 267 g/mol. The molecule has 0 amide bonds. The van der Waals surface area contributed by atoms with E-state index in [1.54, 1.807) is 0 Å². The lowest BCUT2D eigenvalue weighted by atomic mass is 10.2. The number of nitrogens with one attached hydrogen (secondary N) is 2. The summed E-state index contributed by atoms with van der Waals surface area (Å²) in [6.45, 7) is 3.47. The highest BCUT2D eigenvalue weighted by molar-refractivity contribution is 5.81. The van der Waals surface area contributed by atoms with E-state index in [2.05, 4.69) is 39.8 Å². The highest BCUT2D eigenvalue weighted by Gasteiger charge is 1.99. The Kier molecular flexibility index (Phi) is 3.54. The summed E-state index contributed by atoms with van der Waals surface area (Å²) in [6, 6.07) is 14.3. The molecule has 0 atom stereocenters. The third-order valence-electron chi connectivity index (χ3n) is 3.17. The number of benzene rings is 2. The molecule has 0 fully saturated rings. The molecule has 102 valence electrons. The number of hydrogen-bond acceptors (Lipinski definition) is 3. The van der Waals surface area contributed by atoms with Gasteiger partial charge in [0.1, 0.15) is 5.75 Å². The van der Waals surface area contributed by atoms with Crippen molar-refractivity contribution in [2.24, 2.45) is 0 Å². The predicted octanol–water partition coefficient (Wildman–Crippen LogP) is 3.57. The van der Waals surface area contributed by atoms with Gasteiger partial charge in [0.05, 0.1) is 18.3 Å². The van der Waals surface area contributed by atoms with Crippen LogP contribution in [0.5, 0.6) is 5.75 Å². The summed E-state index contributed by atoms with van der Waals surface area (Å²) < 4.78 is 5.43. The SMILES string of the molecule is CCOc1ccc(CNc2ccc3[nH]ncc3c2)cc1. The molecule has 1 aromatic heterocycles. The van der Waals surface area contributed by atoms with Crippen molar-refractivity contribution < 1.29 is 4.74 Å². The number of ether oxygens (including phenoxy) is 1. The highest BCUT2D eigenvalue weighted by atomic mass is 16.5. The van der Waals surface area contributed by atoms with Gasteiger partial charge in [-0.25, -0.2) is 0 Å². The van der Waals surface area contributed by atoms with Crippen LogP contribution >= 0.6 is 0 Å². The summed E-state index contributed by atoms with van der Waals surface area (Å²) in [5.74, 6) is 0.913. The van der Waals surface area contributed by atoms with Gasteiger partial charge in [-0.3, -0.25) is 5.10 Å². The van der Waals surface area contributed by atoms with Gasteiger partial charge in [-0.05, 0) is 42.8 Å². The molecule has 4 nitrogen and oxygen atoms in total. The number of fused-ring (bicyclic) bond motifs is 1. The molecule has 0 bridgehead atoms. The van der Waals surface area contributed by atoms with Crippen LogP contribution in [0.15, 0.2) is 48.7 Å². The first-order valence-corrected chi connectivity index (χ1v) is 6.74. The van der Waals surface area contributed by atoms with Crippen LogP contribution in [-0.2, 0) is 6.54 Å². The fraction of sp³-hybridized carbons (Fsp3) is 0.188. The van der Waals surface area contributed by atoms with E-state index < -0.39 is 0 Å². The Morgan fingerprint density at radius 3 is 2.80 bits per heavy atom. The molecule has 1 heterocycles. The van der Waals surface area contributed by atoms with Crippen LogP contribution in [0.2, 0.25) is 0 Å². The first-order valence-electron chi connectivity index (χ1n) is 6.74. The molecule has 0 saturated carbocycles. The maximum Gasteiger partial charge on any atom is 0.119 e. The minimum Gasteiger partial charge on any atom is -0.494 e. The number of rotatable bonds is 5. The first-order chi connectivity index (χ1) is 9.85. The van der Waals surface area contributed by atoms with Gasteiger partial charge in [-0.2, -0.15) is 5.10 Å². The van der Waals surface area contributed by atoms with Crippen molar-refractivity contribution in [3.63, 3.8) is 0 Å². The number of hydrogen-bond donors (Lipinski definition) is 2. The molecule has 0 spiro atoms. The van der Waals surface area contributed by atoms with Gasteiger partial charge in [-0.15, -0.1) is 0 Å². The molecule has 0 saturated heterocycles. The molecule has 3 rings (SSSR count).